The lowest BCUT2D eigenvalue weighted by Gasteiger charge is -2.12. The molecule has 0 unspecified atom stereocenters. The fraction of sp³-hybridized carbons (Fsp3) is 0.750. The Balaban J connectivity index is 1.86. The Kier molecular flexibility index (Phi) is 15.5. The van der Waals surface area contributed by atoms with Crippen LogP contribution in [0.4, 0.5) is 0 Å². The number of rotatable bonds is 18. The summed E-state index contributed by atoms with van der Waals surface area (Å²) in [5, 5.41) is 4.52. The van der Waals surface area contributed by atoms with Crippen LogP contribution in [0.15, 0.2) is 17.5 Å². The molecule has 1 aromatic heterocycles. The summed E-state index contributed by atoms with van der Waals surface area (Å²) in [6.07, 6.45) is 18.3. The van der Waals surface area contributed by atoms with E-state index in [1.807, 2.05) is 11.4 Å². The number of ether oxygens (including phenoxy) is 1. The minimum absolute atomic E-state index is 0.221. The summed E-state index contributed by atoms with van der Waals surface area (Å²) < 4.78 is 5.28. The van der Waals surface area contributed by atoms with Crippen LogP contribution in [0.25, 0.3) is 0 Å². The van der Waals surface area contributed by atoms with E-state index in [9.17, 15) is 9.59 Å². The maximum Gasteiger partial charge on any atom is 0.328 e. The highest BCUT2D eigenvalue weighted by Crippen LogP contribution is 2.13. The van der Waals surface area contributed by atoms with Crippen LogP contribution >= 0.6 is 11.3 Å². The molecule has 0 aliphatic heterocycles. The van der Waals surface area contributed by atoms with E-state index in [1.165, 1.54) is 88.4 Å². The third-order valence-electron chi connectivity index (χ3n) is 5.19. The SMILES string of the molecule is CCCCCCCCCCCCCCCCOC(=O)[C@H](C)NC(=O)c1cccs1. The number of hydrogen-bond donors (Lipinski definition) is 1. The molecule has 0 aliphatic carbocycles. The number of unbranched alkanes of at least 4 members (excludes halogenated alkanes) is 13. The predicted octanol–water partition coefficient (Wildman–Crippen LogP) is 6.89. The monoisotopic (exact) mass is 423 g/mol. The molecule has 0 radical (unpaired) electrons. The van der Waals surface area contributed by atoms with Crippen LogP contribution in [0, 0.1) is 0 Å². The molecule has 166 valence electrons. The van der Waals surface area contributed by atoms with Crippen molar-refractivity contribution in [3.05, 3.63) is 22.4 Å². The van der Waals surface area contributed by atoms with E-state index >= 15 is 0 Å². The van der Waals surface area contributed by atoms with Crippen LogP contribution in [0.5, 0.6) is 0 Å². The van der Waals surface area contributed by atoms with Gasteiger partial charge in [0.25, 0.3) is 5.91 Å². The molecule has 0 aromatic carbocycles. The van der Waals surface area contributed by atoms with Crippen LogP contribution < -0.4 is 5.32 Å². The molecule has 0 spiro atoms. The first-order valence-electron chi connectivity index (χ1n) is 11.7. The lowest BCUT2D eigenvalue weighted by atomic mass is 10.0. The lowest BCUT2D eigenvalue weighted by Crippen LogP contribution is -2.39. The zero-order valence-electron chi connectivity index (χ0n) is 18.5. The van der Waals surface area contributed by atoms with Gasteiger partial charge in [-0.25, -0.2) is 4.79 Å². The summed E-state index contributed by atoms with van der Waals surface area (Å²) in [5.74, 6) is -0.578. The van der Waals surface area contributed by atoms with Crippen molar-refractivity contribution in [1.29, 1.82) is 0 Å². The molecule has 1 amide bonds. The van der Waals surface area contributed by atoms with Gasteiger partial charge in [0.15, 0.2) is 0 Å². The van der Waals surface area contributed by atoms with Crippen LogP contribution in [0.1, 0.15) is 113 Å². The van der Waals surface area contributed by atoms with Crippen LogP contribution in [0.2, 0.25) is 0 Å². The van der Waals surface area contributed by atoms with Crippen LogP contribution in [-0.2, 0) is 9.53 Å². The summed E-state index contributed by atoms with van der Waals surface area (Å²) >= 11 is 1.36. The number of carbonyl (C=O) groups excluding carboxylic acids is 2. The molecule has 0 fully saturated rings. The molecule has 0 saturated heterocycles. The second-order valence-corrected chi connectivity index (χ2v) is 8.88. The van der Waals surface area contributed by atoms with Crippen LogP contribution in [0.3, 0.4) is 0 Å². The van der Waals surface area contributed by atoms with E-state index in [0.717, 1.165) is 12.8 Å². The largest absolute Gasteiger partial charge is 0.464 e. The molecule has 1 atom stereocenters. The molecular formula is C24H41NO3S. The summed E-state index contributed by atoms with van der Waals surface area (Å²) in [6, 6.07) is 2.95. The summed E-state index contributed by atoms with van der Waals surface area (Å²) in [4.78, 5) is 24.5. The number of esters is 1. The second kappa shape index (κ2) is 17.5. The van der Waals surface area contributed by atoms with Gasteiger partial charge in [0.2, 0.25) is 0 Å². The summed E-state index contributed by atoms with van der Waals surface area (Å²) in [5.41, 5.74) is 0. The molecular weight excluding hydrogens is 382 g/mol. The predicted molar refractivity (Wildman–Crippen MR) is 123 cm³/mol. The van der Waals surface area contributed by atoms with Gasteiger partial charge in [-0.1, -0.05) is 96.5 Å². The molecule has 0 aliphatic rings. The number of hydrogen-bond acceptors (Lipinski definition) is 4. The molecule has 0 bridgehead atoms. The van der Waals surface area contributed by atoms with Gasteiger partial charge in [-0.3, -0.25) is 4.79 Å². The zero-order valence-corrected chi connectivity index (χ0v) is 19.4. The first-order chi connectivity index (χ1) is 14.1. The van der Waals surface area contributed by atoms with Crippen molar-refractivity contribution in [2.24, 2.45) is 0 Å². The fourth-order valence-corrected chi connectivity index (χ4v) is 3.96. The Labute approximate surface area is 181 Å². The third kappa shape index (κ3) is 13.5. The lowest BCUT2D eigenvalue weighted by molar-refractivity contribution is -0.145. The Morgan fingerprint density at radius 3 is 1.90 bits per heavy atom. The van der Waals surface area contributed by atoms with E-state index < -0.39 is 6.04 Å². The van der Waals surface area contributed by atoms with Gasteiger partial charge in [-0.05, 0) is 24.8 Å². The van der Waals surface area contributed by atoms with Gasteiger partial charge >= 0.3 is 5.97 Å². The smallest absolute Gasteiger partial charge is 0.328 e. The van der Waals surface area contributed by atoms with Crippen molar-refractivity contribution in [2.45, 2.75) is 110 Å². The number of thiophene rings is 1. The quantitative estimate of drug-likeness (QED) is 0.206. The van der Waals surface area contributed by atoms with E-state index in [4.69, 9.17) is 4.74 Å². The highest BCUT2D eigenvalue weighted by atomic mass is 32.1. The summed E-state index contributed by atoms with van der Waals surface area (Å²) in [7, 11) is 0. The standard InChI is InChI=1S/C24H41NO3S/c1-3-4-5-6-7-8-9-10-11-12-13-14-15-16-19-28-24(27)21(2)25-23(26)22-18-17-20-29-22/h17-18,20-21H,3-16,19H2,1-2H3,(H,25,26)/t21-/m0/s1. The molecule has 5 heteroatoms. The first kappa shape index (κ1) is 25.7. The minimum atomic E-state index is -0.615. The van der Waals surface area contributed by atoms with Gasteiger partial charge < -0.3 is 10.1 Å². The molecule has 1 heterocycles. The highest BCUT2D eigenvalue weighted by Gasteiger charge is 2.18. The third-order valence-corrected chi connectivity index (χ3v) is 6.06. The van der Waals surface area contributed by atoms with Gasteiger partial charge in [0.1, 0.15) is 6.04 Å². The Morgan fingerprint density at radius 2 is 1.41 bits per heavy atom. The maximum absolute atomic E-state index is 11.9. The van der Waals surface area contributed by atoms with Gasteiger partial charge in [-0.15, -0.1) is 11.3 Å². The van der Waals surface area contributed by atoms with E-state index in [-0.39, 0.29) is 11.9 Å². The minimum Gasteiger partial charge on any atom is -0.464 e. The second-order valence-electron chi connectivity index (χ2n) is 7.94. The van der Waals surface area contributed by atoms with Gasteiger partial charge in [-0.2, -0.15) is 0 Å². The summed E-state index contributed by atoms with van der Waals surface area (Å²) in [6.45, 7) is 4.37. The average Bonchev–Trinajstić information content (AvgIpc) is 3.25. The highest BCUT2D eigenvalue weighted by molar-refractivity contribution is 7.12. The van der Waals surface area contributed by atoms with Crippen molar-refractivity contribution >= 4 is 23.2 Å². The van der Waals surface area contributed by atoms with Crippen molar-refractivity contribution in [3.63, 3.8) is 0 Å². The maximum atomic E-state index is 11.9. The zero-order chi connectivity index (χ0) is 21.2. The Hall–Kier alpha value is -1.36. The van der Waals surface area contributed by atoms with E-state index in [0.29, 0.717) is 11.5 Å². The van der Waals surface area contributed by atoms with E-state index in [1.54, 1.807) is 13.0 Å². The topological polar surface area (TPSA) is 55.4 Å². The molecule has 0 saturated carbocycles. The number of carbonyl (C=O) groups is 2. The number of nitrogens with one attached hydrogen (secondary N) is 1. The van der Waals surface area contributed by atoms with Crippen molar-refractivity contribution in [3.8, 4) is 0 Å². The Bertz CT molecular complexity index is 530. The van der Waals surface area contributed by atoms with Crippen LogP contribution in [-0.4, -0.2) is 24.5 Å². The average molecular weight is 424 g/mol. The molecule has 29 heavy (non-hydrogen) atoms. The van der Waals surface area contributed by atoms with Crippen molar-refractivity contribution in [1.82, 2.24) is 5.32 Å². The van der Waals surface area contributed by atoms with E-state index in [2.05, 4.69) is 12.2 Å². The van der Waals surface area contributed by atoms with Gasteiger partial charge in [0.05, 0.1) is 11.5 Å². The normalized spacial score (nSPS) is 11.9. The number of amides is 1. The molecule has 1 aromatic rings. The van der Waals surface area contributed by atoms with Crippen molar-refractivity contribution in [2.75, 3.05) is 6.61 Å². The van der Waals surface area contributed by atoms with Gasteiger partial charge in [0, 0.05) is 0 Å². The molecule has 1 rings (SSSR count). The molecule has 4 nitrogen and oxygen atoms in total. The Morgan fingerprint density at radius 1 is 0.897 bits per heavy atom. The fourth-order valence-electron chi connectivity index (χ4n) is 3.33. The van der Waals surface area contributed by atoms with Crippen molar-refractivity contribution < 1.29 is 14.3 Å². The molecule has 1 N–H and O–H groups in total. The first-order valence-corrected chi connectivity index (χ1v) is 12.5.